The molecule has 7 nitrogen and oxygen atoms in total. The maximum absolute atomic E-state index is 11.9. The van der Waals surface area contributed by atoms with Crippen molar-refractivity contribution in [2.75, 3.05) is 5.32 Å². The standard InChI is InChI=1S/C18H18ClN3O4/c1-12-14(19)5-2-6-15(12)20-16(23)9-10-18(25)22-21-17(24)8-7-13-4-3-11-26-13/h2-8,11H,9-10H2,1H3,(H,20,23)(H,21,24)(H,22,25). The monoisotopic (exact) mass is 375 g/mol. The van der Waals surface area contributed by atoms with Gasteiger partial charge >= 0.3 is 0 Å². The number of amides is 3. The second kappa shape index (κ2) is 9.43. The molecule has 0 aliphatic heterocycles. The highest BCUT2D eigenvalue weighted by atomic mass is 35.5. The third-order valence-corrected chi connectivity index (χ3v) is 3.80. The first-order chi connectivity index (χ1) is 12.5. The Labute approximate surface area is 155 Å². The number of benzene rings is 1. The minimum Gasteiger partial charge on any atom is -0.465 e. The molecule has 8 heteroatoms. The van der Waals surface area contributed by atoms with E-state index in [-0.39, 0.29) is 18.7 Å². The van der Waals surface area contributed by atoms with Crippen molar-refractivity contribution in [1.82, 2.24) is 10.9 Å². The smallest absolute Gasteiger partial charge is 0.262 e. The molecule has 3 amide bonds. The predicted octanol–water partition coefficient (Wildman–Crippen LogP) is 2.82. The predicted molar refractivity (Wildman–Crippen MR) is 98.1 cm³/mol. The largest absolute Gasteiger partial charge is 0.465 e. The molecule has 136 valence electrons. The molecule has 0 spiro atoms. The Balaban J connectivity index is 1.70. The first kappa shape index (κ1) is 19.3. The zero-order chi connectivity index (χ0) is 18.9. The van der Waals surface area contributed by atoms with Crippen molar-refractivity contribution in [3.05, 3.63) is 59.0 Å². The molecule has 1 aromatic heterocycles. The van der Waals surface area contributed by atoms with Crippen molar-refractivity contribution in [1.29, 1.82) is 0 Å². The van der Waals surface area contributed by atoms with Crippen LogP contribution in [0.3, 0.4) is 0 Å². The highest BCUT2D eigenvalue weighted by Gasteiger charge is 2.10. The summed E-state index contributed by atoms with van der Waals surface area (Å²) >= 11 is 5.99. The van der Waals surface area contributed by atoms with Gasteiger partial charge in [-0.25, -0.2) is 0 Å². The summed E-state index contributed by atoms with van der Waals surface area (Å²) in [6.45, 7) is 1.79. The van der Waals surface area contributed by atoms with Gasteiger partial charge in [-0.3, -0.25) is 25.2 Å². The van der Waals surface area contributed by atoms with Crippen LogP contribution in [0.25, 0.3) is 6.08 Å². The van der Waals surface area contributed by atoms with E-state index < -0.39 is 11.8 Å². The van der Waals surface area contributed by atoms with E-state index >= 15 is 0 Å². The topological polar surface area (TPSA) is 100 Å². The van der Waals surface area contributed by atoms with Crippen molar-refractivity contribution in [3.63, 3.8) is 0 Å². The molecule has 3 N–H and O–H groups in total. The van der Waals surface area contributed by atoms with Gasteiger partial charge in [0.15, 0.2) is 0 Å². The Kier molecular flexibility index (Phi) is 6.99. The maximum atomic E-state index is 11.9. The zero-order valence-electron chi connectivity index (χ0n) is 14.0. The van der Waals surface area contributed by atoms with Crippen molar-refractivity contribution < 1.29 is 18.8 Å². The highest BCUT2D eigenvalue weighted by molar-refractivity contribution is 6.31. The molecule has 26 heavy (non-hydrogen) atoms. The van der Waals surface area contributed by atoms with Gasteiger partial charge < -0.3 is 9.73 Å². The van der Waals surface area contributed by atoms with Gasteiger partial charge in [-0.1, -0.05) is 17.7 Å². The van der Waals surface area contributed by atoms with Crippen LogP contribution in [0.4, 0.5) is 5.69 Å². The number of hydrogen-bond acceptors (Lipinski definition) is 4. The Hall–Kier alpha value is -3.06. The summed E-state index contributed by atoms with van der Waals surface area (Å²) in [6, 6.07) is 8.55. The molecular formula is C18H18ClN3O4. The lowest BCUT2D eigenvalue weighted by molar-refractivity contribution is -0.128. The summed E-state index contributed by atoms with van der Waals surface area (Å²) in [5, 5.41) is 3.24. The summed E-state index contributed by atoms with van der Waals surface area (Å²) in [5.41, 5.74) is 5.80. The summed E-state index contributed by atoms with van der Waals surface area (Å²) in [7, 11) is 0. The molecule has 0 saturated carbocycles. The number of halogens is 1. The van der Waals surface area contributed by atoms with Crippen LogP contribution in [-0.2, 0) is 14.4 Å². The first-order valence-electron chi connectivity index (χ1n) is 7.81. The van der Waals surface area contributed by atoms with Gasteiger partial charge in [-0.15, -0.1) is 0 Å². The van der Waals surface area contributed by atoms with E-state index in [1.165, 1.54) is 18.4 Å². The quantitative estimate of drug-likeness (QED) is 0.533. The van der Waals surface area contributed by atoms with Crippen LogP contribution >= 0.6 is 11.6 Å². The normalized spacial score (nSPS) is 10.5. The number of anilines is 1. The Morgan fingerprint density at radius 3 is 2.58 bits per heavy atom. The lowest BCUT2D eigenvalue weighted by Gasteiger charge is -2.09. The van der Waals surface area contributed by atoms with Crippen molar-refractivity contribution >= 4 is 41.1 Å². The van der Waals surface area contributed by atoms with Gasteiger partial charge in [0.25, 0.3) is 5.91 Å². The third kappa shape index (κ3) is 6.10. The molecule has 0 aliphatic rings. The van der Waals surface area contributed by atoms with Crippen molar-refractivity contribution in [3.8, 4) is 0 Å². The van der Waals surface area contributed by atoms with Crippen molar-refractivity contribution in [2.24, 2.45) is 0 Å². The number of hydrazine groups is 1. The lowest BCUT2D eigenvalue weighted by atomic mass is 10.2. The van der Waals surface area contributed by atoms with E-state index in [2.05, 4.69) is 16.2 Å². The number of carbonyl (C=O) groups is 3. The van der Waals surface area contributed by atoms with E-state index in [9.17, 15) is 14.4 Å². The fraction of sp³-hybridized carbons (Fsp3) is 0.167. The molecule has 1 aromatic carbocycles. The van der Waals surface area contributed by atoms with Gasteiger partial charge in [-0.05, 0) is 42.8 Å². The molecule has 2 aromatic rings. The number of rotatable bonds is 6. The molecule has 0 fully saturated rings. The van der Waals surface area contributed by atoms with Crippen molar-refractivity contribution in [2.45, 2.75) is 19.8 Å². The zero-order valence-corrected chi connectivity index (χ0v) is 14.8. The maximum Gasteiger partial charge on any atom is 0.262 e. The fourth-order valence-electron chi connectivity index (χ4n) is 1.96. The Bertz CT molecular complexity index is 816. The third-order valence-electron chi connectivity index (χ3n) is 3.39. The fourth-order valence-corrected chi connectivity index (χ4v) is 2.14. The molecule has 0 radical (unpaired) electrons. The molecule has 1 heterocycles. The Morgan fingerprint density at radius 1 is 1.08 bits per heavy atom. The number of hydrogen-bond donors (Lipinski definition) is 3. The van der Waals surface area contributed by atoms with Crippen LogP contribution in [0.15, 0.2) is 47.1 Å². The van der Waals surface area contributed by atoms with Crippen LogP contribution < -0.4 is 16.2 Å². The minimum absolute atomic E-state index is 0.0319. The molecule has 0 aliphatic carbocycles. The summed E-state index contributed by atoms with van der Waals surface area (Å²) in [6.07, 6.45) is 4.05. The summed E-state index contributed by atoms with van der Waals surface area (Å²) in [4.78, 5) is 35.1. The minimum atomic E-state index is -0.520. The molecule has 2 rings (SSSR count). The number of nitrogens with one attached hydrogen (secondary N) is 3. The number of carbonyl (C=O) groups excluding carboxylic acids is 3. The summed E-state index contributed by atoms with van der Waals surface area (Å²) in [5.74, 6) is -0.814. The molecular weight excluding hydrogens is 358 g/mol. The van der Waals surface area contributed by atoms with Crippen LogP contribution in [0.1, 0.15) is 24.2 Å². The average Bonchev–Trinajstić information content (AvgIpc) is 3.14. The average molecular weight is 376 g/mol. The van der Waals surface area contributed by atoms with Crippen LogP contribution in [0, 0.1) is 6.92 Å². The van der Waals surface area contributed by atoms with E-state index in [0.717, 1.165) is 5.56 Å². The van der Waals surface area contributed by atoms with Crippen LogP contribution in [0.5, 0.6) is 0 Å². The van der Waals surface area contributed by atoms with E-state index in [1.54, 1.807) is 37.3 Å². The molecule has 0 bridgehead atoms. The van der Waals surface area contributed by atoms with Crippen LogP contribution in [-0.4, -0.2) is 17.7 Å². The van der Waals surface area contributed by atoms with Gasteiger partial charge in [0.1, 0.15) is 5.76 Å². The first-order valence-corrected chi connectivity index (χ1v) is 8.19. The SMILES string of the molecule is Cc1c(Cl)cccc1NC(=O)CCC(=O)NNC(=O)C=Cc1ccco1. The van der Waals surface area contributed by atoms with E-state index in [0.29, 0.717) is 16.5 Å². The molecule has 0 saturated heterocycles. The molecule has 0 unspecified atom stereocenters. The van der Waals surface area contributed by atoms with Gasteiger partial charge in [-0.2, -0.15) is 0 Å². The van der Waals surface area contributed by atoms with Gasteiger partial charge in [0.2, 0.25) is 11.8 Å². The van der Waals surface area contributed by atoms with E-state index in [1.807, 2.05) is 0 Å². The van der Waals surface area contributed by atoms with Crippen LogP contribution in [0.2, 0.25) is 5.02 Å². The Morgan fingerprint density at radius 2 is 1.85 bits per heavy atom. The molecule has 0 atom stereocenters. The van der Waals surface area contributed by atoms with Gasteiger partial charge in [0.05, 0.1) is 6.26 Å². The van der Waals surface area contributed by atoms with Gasteiger partial charge in [0, 0.05) is 29.6 Å². The second-order valence-electron chi connectivity index (χ2n) is 5.35. The number of furan rings is 1. The summed E-state index contributed by atoms with van der Waals surface area (Å²) < 4.78 is 5.03. The highest BCUT2D eigenvalue weighted by Crippen LogP contribution is 2.23. The van der Waals surface area contributed by atoms with E-state index in [4.69, 9.17) is 16.0 Å². The lowest BCUT2D eigenvalue weighted by Crippen LogP contribution is -2.41. The second-order valence-corrected chi connectivity index (χ2v) is 5.75.